The Balaban J connectivity index is 2.32. The SMILES string of the molecule is CCOCC(C)Nc1cccnc1. The number of anilines is 1. The Morgan fingerprint density at radius 1 is 1.62 bits per heavy atom. The third-order valence-electron chi connectivity index (χ3n) is 1.65. The van der Waals surface area contributed by atoms with Gasteiger partial charge in [0.2, 0.25) is 0 Å². The Bertz CT molecular complexity index is 226. The van der Waals surface area contributed by atoms with E-state index in [1.165, 1.54) is 0 Å². The van der Waals surface area contributed by atoms with E-state index < -0.39 is 0 Å². The highest BCUT2D eigenvalue weighted by atomic mass is 16.5. The Kier molecular flexibility index (Phi) is 4.26. The lowest BCUT2D eigenvalue weighted by Gasteiger charge is -2.14. The fourth-order valence-electron chi connectivity index (χ4n) is 1.07. The molecule has 0 aliphatic carbocycles. The van der Waals surface area contributed by atoms with Gasteiger partial charge < -0.3 is 10.1 Å². The first-order valence-corrected chi connectivity index (χ1v) is 4.57. The van der Waals surface area contributed by atoms with Crippen molar-refractivity contribution in [3.63, 3.8) is 0 Å². The summed E-state index contributed by atoms with van der Waals surface area (Å²) in [7, 11) is 0. The summed E-state index contributed by atoms with van der Waals surface area (Å²) in [5.74, 6) is 0. The largest absolute Gasteiger partial charge is 0.380 e. The second-order valence-electron chi connectivity index (χ2n) is 2.95. The highest BCUT2D eigenvalue weighted by Crippen LogP contribution is 2.04. The van der Waals surface area contributed by atoms with Crippen molar-refractivity contribution < 1.29 is 4.74 Å². The minimum atomic E-state index is 0.323. The van der Waals surface area contributed by atoms with Crippen molar-refractivity contribution in [2.45, 2.75) is 19.9 Å². The van der Waals surface area contributed by atoms with E-state index in [0.29, 0.717) is 6.04 Å². The molecule has 0 aliphatic heterocycles. The van der Waals surface area contributed by atoms with Crippen LogP contribution in [-0.4, -0.2) is 24.2 Å². The summed E-state index contributed by atoms with van der Waals surface area (Å²) in [4.78, 5) is 4.01. The van der Waals surface area contributed by atoms with Crippen molar-refractivity contribution >= 4 is 5.69 Å². The minimum absolute atomic E-state index is 0.323. The van der Waals surface area contributed by atoms with Gasteiger partial charge in [-0.15, -0.1) is 0 Å². The fourth-order valence-corrected chi connectivity index (χ4v) is 1.07. The molecule has 1 atom stereocenters. The van der Waals surface area contributed by atoms with Crippen LogP contribution in [-0.2, 0) is 4.74 Å². The van der Waals surface area contributed by atoms with Gasteiger partial charge in [0.05, 0.1) is 12.3 Å². The topological polar surface area (TPSA) is 34.1 Å². The minimum Gasteiger partial charge on any atom is -0.380 e. The van der Waals surface area contributed by atoms with E-state index in [1.807, 2.05) is 25.3 Å². The lowest BCUT2D eigenvalue weighted by atomic mass is 10.3. The number of nitrogens with zero attached hydrogens (tertiary/aromatic N) is 1. The molecule has 0 spiro atoms. The Morgan fingerprint density at radius 3 is 3.08 bits per heavy atom. The third kappa shape index (κ3) is 3.90. The van der Waals surface area contributed by atoms with Crippen molar-refractivity contribution in [2.75, 3.05) is 18.5 Å². The van der Waals surface area contributed by atoms with Crippen LogP contribution in [0.2, 0.25) is 0 Å². The van der Waals surface area contributed by atoms with E-state index in [-0.39, 0.29) is 0 Å². The first kappa shape index (κ1) is 9.99. The van der Waals surface area contributed by atoms with E-state index in [2.05, 4.69) is 17.2 Å². The van der Waals surface area contributed by atoms with Crippen LogP contribution in [0.4, 0.5) is 5.69 Å². The van der Waals surface area contributed by atoms with Crippen LogP contribution in [0.25, 0.3) is 0 Å². The van der Waals surface area contributed by atoms with Crippen LogP contribution >= 0.6 is 0 Å². The quantitative estimate of drug-likeness (QED) is 0.751. The van der Waals surface area contributed by atoms with Crippen molar-refractivity contribution in [2.24, 2.45) is 0 Å². The smallest absolute Gasteiger partial charge is 0.0664 e. The Labute approximate surface area is 79.1 Å². The predicted octanol–water partition coefficient (Wildman–Crippen LogP) is 1.92. The lowest BCUT2D eigenvalue weighted by molar-refractivity contribution is 0.141. The van der Waals surface area contributed by atoms with Crippen LogP contribution in [0.1, 0.15) is 13.8 Å². The maximum Gasteiger partial charge on any atom is 0.0664 e. The molecule has 72 valence electrons. The van der Waals surface area contributed by atoms with Gasteiger partial charge in [-0.2, -0.15) is 0 Å². The molecule has 0 amide bonds. The van der Waals surface area contributed by atoms with Crippen LogP contribution < -0.4 is 5.32 Å². The summed E-state index contributed by atoms with van der Waals surface area (Å²) in [6, 6.07) is 4.23. The molecular weight excluding hydrogens is 164 g/mol. The highest BCUT2D eigenvalue weighted by Gasteiger charge is 2.00. The zero-order chi connectivity index (χ0) is 9.52. The van der Waals surface area contributed by atoms with E-state index >= 15 is 0 Å². The number of aromatic nitrogens is 1. The van der Waals surface area contributed by atoms with Crippen LogP contribution in [0.5, 0.6) is 0 Å². The van der Waals surface area contributed by atoms with Gasteiger partial charge in [-0.05, 0) is 26.0 Å². The number of hydrogen-bond acceptors (Lipinski definition) is 3. The molecule has 1 rings (SSSR count). The zero-order valence-corrected chi connectivity index (χ0v) is 8.16. The van der Waals surface area contributed by atoms with Crippen molar-refractivity contribution in [1.82, 2.24) is 4.98 Å². The first-order chi connectivity index (χ1) is 6.33. The molecule has 3 heteroatoms. The third-order valence-corrected chi connectivity index (χ3v) is 1.65. The van der Waals surface area contributed by atoms with Gasteiger partial charge in [-0.1, -0.05) is 0 Å². The van der Waals surface area contributed by atoms with Gasteiger partial charge in [0.1, 0.15) is 0 Å². The van der Waals surface area contributed by atoms with Gasteiger partial charge in [-0.3, -0.25) is 4.98 Å². The van der Waals surface area contributed by atoms with E-state index in [1.54, 1.807) is 6.20 Å². The molecule has 0 fully saturated rings. The number of rotatable bonds is 5. The Morgan fingerprint density at radius 2 is 2.46 bits per heavy atom. The number of nitrogens with one attached hydrogen (secondary N) is 1. The summed E-state index contributed by atoms with van der Waals surface area (Å²) in [5, 5.41) is 3.29. The molecule has 1 unspecified atom stereocenters. The fraction of sp³-hybridized carbons (Fsp3) is 0.500. The second-order valence-corrected chi connectivity index (χ2v) is 2.95. The van der Waals surface area contributed by atoms with E-state index in [4.69, 9.17) is 4.74 Å². The van der Waals surface area contributed by atoms with Crippen molar-refractivity contribution in [1.29, 1.82) is 0 Å². The molecular formula is C10H16N2O. The lowest BCUT2D eigenvalue weighted by Crippen LogP contribution is -2.21. The molecule has 3 nitrogen and oxygen atoms in total. The molecule has 13 heavy (non-hydrogen) atoms. The maximum atomic E-state index is 5.28. The predicted molar refractivity (Wildman–Crippen MR) is 53.8 cm³/mol. The maximum absolute atomic E-state index is 5.28. The molecule has 1 N–H and O–H groups in total. The van der Waals surface area contributed by atoms with Crippen molar-refractivity contribution in [3.05, 3.63) is 24.5 Å². The van der Waals surface area contributed by atoms with Gasteiger partial charge in [0.25, 0.3) is 0 Å². The van der Waals surface area contributed by atoms with Crippen LogP contribution in [0.15, 0.2) is 24.5 Å². The molecule has 0 aliphatic rings. The molecule has 1 heterocycles. The normalized spacial score (nSPS) is 12.5. The molecule has 1 aromatic heterocycles. The van der Waals surface area contributed by atoms with Gasteiger partial charge >= 0.3 is 0 Å². The molecule has 1 aromatic rings. The summed E-state index contributed by atoms with van der Waals surface area (Å²) in [5.41, 5.74) is 1.04. The average Bonchev–Trinajstić information content (AvgIpc) is 2.16. The van der Waals surface area contributed by atoms with E-state index in [0.717, 1.165) is 18.9 Å². The molecule has 0 radical (unpaired) electrons. The molecule has 0 saturated carbocycles. The number of pyridine rings is 1. The van der Waals surface area contributed by atoms with Gasteiger partial charge in [0, 0.05) is 25.0 Å². The van der Waals surface area contributed by atoms with Crippen molar-refractivity contribution in [3.8, 4) is 0 Å². The van der Waals surface area contributed by atoms with Gasteiger partial charge in [0.15, 0.2) is 0 Å². The average molecular weight is 180 g/mol. The number of ether oxygens (including phenoxy) is 1. The summed E-state index contributed by atoms with van der Waals surface area (Å²) in [6.45, 7) is 5.57. The highest BCUT2D eigenvalue weighted by molar-refractivity contribution is 5.40. The standard InChI is InChI=1S/C10H16N2O/c1-3-13-8-9(2)12-10-5-4-6-11-7-10/h4-7,9,12H,3,8H2,1-2H3. The first-order valence-electron chi connectivity index (χ1n) is 4.57. The summed E-state index contributed by atoms with van der Waals surface area (Å²) >= 11 is 0. The second kappa shape index (κ2) is 5.54. The monoisotopic (exact) mass is 180 g/mol. The zero-order valence-electron chi connectivity index (χ0n) is 8.16. The Hall–Kier alpha value is -1.09. The van der Waals surface area contributed by atoms with Crippen LogP contribution in [0, 0.1) is 0 Å². The molecule has 0 bridgehead atoms. The summed E-state index contributed by atoms with van der Waals surface area (Å²) in [6.07, 6.45) is 3.57. The van der Waals surface area contributed by atoms with E-state index in [9.17, 15) is 0 Å². The van der Waals surface area contributed by atoms with Gasteiger partial charge in [-0.25, -0.2) is 0 Å². The summed E-state index contributed by atoms with van der Waals surface area (Å²) < 4.78 is 5.28. The van der Waals surface area contributed by atoms with Crippen LogP contribution in [0.3, 0.4) is 0 Å². The molecule has 0 aromatic carbocycles. The molecule has 0 saturated heterocycles. The number of hydrogen-bond donors (Lipinski definition) is 1.